The Morgan fingerprint density at radius 1 is 0.768 bits per heavy atom. The van der Waals surface area contributed by atoms with Crippen molar-refractivity contribution in [2.45, 2.75) is 96.4 Å². The number of benzene rings is 2. The van der Waals surface area contributed by atoms with Gasteiger partial charge in [-0.15, -0.1) is 0 Å². The molecule has 5 rings (SSSR count). The minimum Gasteiger partial charge on any atom is -0.480 e. The molecular weight excluding hydrogens is 711 g/mol. The van der Waals surface area contributed by atoms with E-state index in [0.717, 1.165) is 98.2 Å². The second-order valence-corrected chi connectivity index (χ2v) is 14.8. The van der Waals surface area contributed by atoms with Gasteiger partial charge in [0.05, 0.1) is 34.6 Å². The summed E-state index contributed by atoms with van der Waals surface area (Å²) in [6.45, 7) is 1.95. The summed E-state index contributed by atoms with van der Waals surface area (Å²) in [4.78, 5) is 70.4. The average molecular weight is 766 g/mol. The molecule has 2 amide bonds. The molecule has 3 heterocycles. The zero-order chi connectivity index (χ0) is 39.7. The van der Waals surface area contributed by atoms with E-state index >= 15 is 0 Å². The van der Waals surface area contributed by atoms with E-state index in [1.54, 1.807) is 23.1 Å². The number of fused-ring (bicyclic) bond motifs is 1. The first-order chi connectivity index (χ1) is 27.2. The van der Waals surface area contributed by atoms with Crippen molar-refractivity contribution in [3.8, 4) is 0 Å². The topological polar surface area (TPSA) is 162 Å². The average Bonchev–Trinajstić information content (AvgIpc) is 3.21. The summed E-state index contributed by atoms with van der Waals surface area (Å²) in [5.41, 5.74) is 1.35. The molecule has 1 atom stereocenters. The summed E-state index contributed by atoms with van der Waals surface area (Å²) >= 11 is 0. The molecule has 12 nitrogen and oxygen atoms in total. The highest BCUT2D eigenvalue weighted by Gasteiger charge is 2.31. The van der Waals surface area contributed by atoms with E-state index in [9.17, 15) is 34.2 Å². The maximum atomic E-state index is 14.3. The summed E-state index contributed by atoms with van der Waals surface area (Å²) in [5, 5.41) is 23.7. The zero-order valence-corrected chi connectivity index (χ0v) is 32.2. The molecule has 0 spiro atoms. The predicted molar refractivity (Wildman–Crippen MR) is 219 cm³/mol. The van der Waals surface area contributed by atoms with Crippen LogP contribution in [-0.2, 0) is 16.1 Å². The molecule has 1 unspecified atom stereocenters. The zero-order valence-electron chi connectivity index (χ0n) is 32.2. The Hall–Kier alpha value is -5.52. The number of hydrogen-bond acceptors (Lipinski definition) is 7. The number of carboxylic acid groups (broad SMARTS) is 2. The third-order valence-corrected chi connectivity index (χ3v) is 10.6. The lowest BCUT2D eigenvalue weighted by Crippen LogP contribution is -2.45. The number of pyridine rings is 2. The van der Waals surface area contributed by atoms with Gasteiger partial charge < -0.3 is 29.9 Å². The number of nitrogens with zero attached hydrogens (tertiary/aromatic N) is 4. The SMILES string of the molecule is O=C(O)Cn1cc(N(CCCCCCCCCCCCCCNC(=O)c2ccccc2C(=O)O)C(=O)C2CCCN(c3cncc4ccccc34)C2)ccc1=O. The van der Waals surface area contributed by atoms with Gasteiger partial charge in [-0.3, -0.25) is 24.2 Å². The van der Waals surface area contributed by atoms with Crippen LogP contribution in [0.15, 0.2) is 84.0 Å². The molecule has 0 radical (unpaired) electrons. The van der Waals surface area contributed by atoms with Gasteiger partial charge in [0.15, 0.2) is 0 Å². The van der Waals surface area contributed by atoms with Crippen molar-refractivity contribution in [3.63, 3.8) is 0 Å². The van der Waals surface area contributed by atoms with Gasteiger partial charge in [0, 0.05) is 55.4 Å². The number of piperidine rings is 1. The third-order valence-electron chi connectivity index (χ3n) is 10.6. The molecule has 2 aromatic carbocycles. The van der Waals surface area contributed by atoms with Crippen molar-refractivity contribution in [2.24, 2.45) is 5.92 Å². The first-order valence-electron chi connectivity index (χ1n) is 20.1. The van der Waals surface area contributed by atoms with E-state index in [2.05, 4.69) is 21.3 Å². The molecule has 298 valence electrons. The molecule has 0 bridgehead atoms. The van der Waals surface area contributed by atoms with Crippen LogP contribution < -0.4 is 20.7 Å². The van der Waals surface area contributed by atoms with Crippen molar-refractivity contribution in [1.82, 2.24) is 14.9 Å². The molecule has 0 saturated carbocycles. The molecule has 1 fully saturated rings. The van der Waals surface area contributed by atoms with Crippen molar-refractivity contribution < 1.29 is 29.4 Å². The van der Waals surface area contributed by atoms with E-state index in [1.165, 1.54) is 43.7 Å². The number of hydrogen-bond donors (Lipinski definition) is 3. The maximum absolute atomic E-state index is 14.3. The molecule has 3 N–H and O–H groups in total. The van der Waals surface area contributed by atoms with Crippen LogP contribution in [-0.4, -0.2) is 69.7 Å². The second-order valence-electron chi connectivity index (χ2n) is 14.8. The number of carbonyl (C=O) groups excluding carboxylic acids is 2. The van der Waals surface area contributed by atoms with E-state index in [1.807, 2.05) is 30.6 Å². The van der Waals surface area contributed by atoms with E-state index in [-0.39, 0.29) is 28.9 Å². The normalized spacial score (nSPS) is 14.1. The Labute approximate surface area is 328 Å². The Morgan fingerprint density at radius 3 is 2.11 bits per heavy atom. The Balaban J connectivity index is 1.02. The molecule has 2 aromatic heterocycles. The quantitative estimate of drug-likeness (QED) is 0.0687. The fraction of sp³-hybridized carbons (Fsp3) is 0.455. The largest absolute Gasteiger partial charge is 0.480 e. The second kappa shape index (κ2) is 21.5. The molecule has 4 aromatic rings. The number of carboxylic acids is 2. The highest BCUT2D eigenvalue weighted by Crippen LogP contribution is 2.31. The van der Waals surface area contributed by atoms with Gasteiger partial charge in [-0.2, -0.15) is 0 Å². The monoisotopic (exact) mass is 765 g/mol. The summed E-state index contributed by atoms with van der Waals surface area (Å²) in [7, 11) is 0. The molecule has 1 saturated heterocycles. The van der Waals surface area contributed by atoms with Gasteiger partial charge in [-0.05, 0) is 43.9 Å². The number of unbranched alkanes of at least 4 members (excludes halogenated alkanes) is 11. The van der Waals surface area contributed by atoms with Crippen molar-refractivity contribution in [2.75, 3.05) is 36.0 Å². The van der Waals surface area contributed by atoms with Crippen molar-refractivity contribution in [3.05, 3.63) is 101 Å². The van der Waals surface area contributed by atoms with Crippen LogP contribution in [0.5, 0.6) is 0 Å². The summed E-state index contributed by atoms with van der Waals surface area (Å²) in [6, 6.07) is 17.4. The number of amides is 2. The first-order valence-corrected chi connectivity index (χ1v) is 20.1. The van der Waals surface area contributed by atoms with E-state index in [4.69, 9.17) is 0 Å². The van der Waals surface area contributed by atoms with Crippen molar-refractivity contribution in [1.29, 1.82) is 0 Å². The number of aromatic nitrogens is 2. The maximum Gasteiger partial charge on any atom is 0.336 e. The van der Waals surface area contributed by atoms with Gasteiger partial charge >= 0.3 is 11.9 Å². The van der Waals surface area contributed by atoms with E-state index in [0.29, 0.717) is 25.3 Å². The lowest BCUT2D eigenvalue weighted by atomic mass is 9.95. The number of anilines is 2. The van der Waals surface area contributed by atoms with E-state index < -0.39 is 24.0 Å². The van der Waals surface area contributed by atoms with Gasteiger partial charge in [0.1, 0.15) is 6.54 Å². The number of carbonyl (C=O) groups is 4. The summed E-state index contributed by atoms with van der Waals surface area (Å²) in [6.07, 6.45) is 19.6. The van der Waals surface area contributed by atoms with Crippen LogP contribution in [0.1, 0.15) is 111 Å². The molecule has 12 heteroatoms. The number of nitrogens with one attached hydrogen (secondary N) is 1. The predicted octanol–water partition coefficient (Wildman–Crippen LogP) is 7.54. The minimum absolute atomic E-state index is 0.00492. The standard InChI is InChI=1S/C44H55N5O7/c50-40-24-23-35(31-48(40)32-41(51)52)49(43(54)34-19-17-26-47(30-34)39-29-45-28-33-18-11-12-20-36(33)39)27-16-10-8-6-4-2-1-3-5-7-9-15-25-46-42(53)37-21-13-14-22-38(37)44(55)56/h11-14,18,20-24,28-29,31,34H,1-10,15-17,19,25-27,30,32H2,(H,46,53)(H,51,52)(H,55,56). The fourth-order valence-corrected chi connectivity index (χ4v) is 7.61. The Kier molecular flexibility index (Phi) is 16.0. The molecule has 0 aliphatic carbocycles. The highest BCUT2D eigenvalue weighted by atomic mass is 16.4. The minimum atomic E-state index is -1.12. The molecule has 56 heavy (non-hydrogen) atoms. The molecule has 1 aliphatic rings. The molecular formula is C44H55N5O7. The summed E-state index contributed by atoms with van der Waals surface area (Å²) in [5.74, 6) is -2.83. The number of rotatable bonds is 22. The smallest absolute Gasteiger partial charge is 0.336 e. The summed E-state index contributed by atoms with van der Waals surface area (Å²) < 4.78 is 1.15. The van der Waals surface area contributed by atoms with Crippen molar-refractivity contribution >= 4 is 45.9 Å². The van der Waals surface area contributed by atoms with Crippen LogP contribution >= 0.6 is 0 Å². The lowest BCUT2D eigenvalue weighted by Gasteiger charge is -2.36. The van der Waals surface area contributed by atoms with Crippen LogP contribution in [0.25, 0.3) is 10.8 Å². The van der Waals surface area contributed by atoms with Crippen LogP contribution in [0.3, 0.4) is 0 Å². The lowest BCUT2D eigenvalue weighted by molar-refractivity contribution is -0.137. The first kappa shape index (κ1) is 41.6. The van der Waals surface area contributed by atoms with Crippen LogP contribution in [0.2, 0.25) is 0 Å². The highest BCUT2D eigenvalue weighted by molar-refractivity contribution is 6.04. The van der Waals surface area contributed by atoms with Crippen LogP contribution in [0, 0.1) is 5.92 Å². The van der Waals surface area contributed by atoms with Gasteiger partial charge in [0.25, 0.3) is 11.5 Å². The third kappa shape index (κ3) is 12.0. The van der Waals surface area contributed by atoms with Gasteiger partial charge in [0.2, 0.25) is 5.91 Å². The number of aliphatic carboxylic acids is 1. The number of aromatic carboxylic acids is 1. The Bertz CT molecular complexity index is 1990. The molecule has 1 aliphatic heterocycles. The van der Waals surface area contributed by atoms with Crippen LogP contribution in [0.4, 0.5) is 11.4 Å². The Morgan fingerprint density at radius 2 is 1.41 bits per heavy atom. The fourth-order valence-electron chi connectivity index (χ4n) is 7.61. The van der Waals surface area contributed by atoms with Gasteiger partial charge in [-0.1, -0.05) is 101 Å². The van der Waals surface area contributed by atoms with Gasteiger partial charge in [-0.25, -0.2) is 4.79 Å².